The Morgan fingerprint density at radius 3 is 3.00 bits per heavy atom. The third kappa shape index (κ3) is 5.27. The fourth-order valence-corrected chi connectivity index (χ4v) is 0.399. The summed E-state index contributed by atoms with van der Waals surface area (Å²) in [4.78, 5) is 3.70. The molecule has 4 nitrogen and oxygen atoms in total. The van der Waals surface area contributed by atoms with E-state index >= 15 is 0 Å². The third-order valence-corrected chi connectivity index (χ3v) is 0.893. The summed E-state index contributed by atoms with van der Waals surface area (Å²) in [6.07, 6.45) is 2.93. The van der Waals surface area contributed by atoms with Crippen molar-refractivity contribution >= 4 is 6.34 Å². The van der Waals surface area contributed by atoms with Crippen LogP contribution < -0.4 is 5.43 Å². The third-order valence-electron chi connectivity index (χ3n) is 0.893. The van der Waals surface area contributed by atoms with Crippen LogP contribution in [0.25, 0.3) is 0 Å². The van der Waals surface area contributed by atoms with E-state index < -0.39 is 0 Å². The normalized spacial score (nSPS) is 10.7. The highest BCUT2D eigenvalue weighted by atomic mass is 16.3. The van der Waals surface area contributed by atoms with Gasteiger partial charge in [-0.3, -0.25) is 0 Å². The topological polar surface area (TPSA) is 47.9 Å². The van der Waals surface area contributed by atoms with Crippen LogP contribution in [0, 0.1) is 0 Å². The Morgan fingerprint density at radius 1 is 1.80 bits per heavy atom. The lowest BCUT2D eigenvalue weighted by molar-refractivity contribution is 0.204. The molecule has 0 aromatic carbocycles. The molecular weight excluding hydrogens is 130 g/mol. The van der Waals surface area contributed by atoms with Gasteiger partial charge in [0, 0.05) is 19.8 Å². The van der Waals surface area contributed by atoms with Crippen molar-refractivity contribution in [1.29, 1.82) is 0 Å². The maximum absolute atomic E-state index is 8.45. The van der Waals surface area contributed by atoms with Gasteiger partial charge in [0.15, 0.2) is 0 Å². The van der Waals surface area contributed by atoms with Gasteiger partial charge in [-0.15, -0.1) is 0 Å². The number of nitrogens with one attached hydrogen (secondary N) is 1. The number of aliphatic imine (C=N–C) groups is 1. The lowest BCUT2D eigenvalue weighted by Gasteiger charge is -2.12. The smallest absolute Gasteiger partial charge is 0.102 e. The fourth-order valence-electron chi connectivity index (χ4n) is 0.399. The largest absolute Gasteiger partial charge is 0.395 e. The SMILES string of the molecule is C=CN=CNN(C)CCO. The lowest BCUT2D eigenvalue weighted by atomic mass is 10.7. The van der Waals surface area contributed by atoms with E-state index in [-0.39, 0.29) is 6.61 Å². The lowest BCUT2D eigenvalue weighted by Crippen LogP contribution is -2.35. The molecule has 0 amide bonds. The molecular formula is C6H13N3O. The Labute approximate surface area is 60.8 Å². The van der Waals surface area contributed by atoms with Crippen molar-refractivity contribution < 1.29 is 5.11 Å². The summed E-state index contributed by atoms with van der Waals surface area (Å²) < 4.78 is 0. The second kappa shape index (κ2) is 6.25. The van der Waals surface area contributed by atoms with Crippen LogP contribution >= 0.6 is 0 Å². The maximum atomic E-state index is 8.45. The second-order valence-corrected chi connectivity index (χ2v) is 1.74. The Bertz CT molecular complexity index is 114. The molecule has 0 unspecified atom stereocenters. The van der Waals surface area contributed by atoms with Gasteiger partial charge in [-0.2, -0.15) is 0 Å². The highest BCUT2D eigenvalue weighted by molar-refractivity contribution is 5.54. The van der Waals surface area contributed by atoms with Gasteiger partial charge in [-0.25, -0.2) is 10.0 Å². The number of aliphatic hydroxyl groups excluding tert-OH is 1. The van der Waals surface area contributed by atoms with E-state index in [4.69, 9.17) is 5.11 Å². The zero-order chi connectivity index (χ0) is 7.82. The van der Waals surface area contributed by atoms with E-state index in [1.807, 2.05) is 7.05 Å². The molecule has 2 N–H and O–H groups in total. The van der Waals surface area contributed by atoms with Crippen LogP contribution in [0.3, 0.4) is 0 Å². The standard InChI is InChI=1S/C6H13N3O/c1-3-7-6-8-9(2)4-5-10/h3,6,10H,1,4-5H2,2H3,(H,7,8). The summed E-state index contributed by atoms with van der Waals surface area (Å²) in [7, 11) is 1.81. The summed E-state index contributed by atoms with van der Waals surface area (Å²) >= 11 is 0. The van der Waals surface area contributed by atoms with E-state index in [9.17, 15) is 0 Å². The molecule has 0 radical (unpaired) electrons. The molecule has 0 heterocycles. The van der Waals surface area contributed by atoms with Gasteiger partial charge in [0.25, 0.3) is 0 Å². The predicted octanol–water partition coefficient (Wildman–Crippen LogP) is -0.413. The zero-order valence-corrected chi connectivity index (χ0v) is 6.12. The van der Waals surface area contributed by atoms with Gasteiger partial charge in [0.2, 0.25) is 0 Å². The quantitative estimate of drug-likeness (QED) is 0.312. The molecule has 58 valence electrons. The first kappa shape index (κ1) is 9.13. The number of hydrazine groups is 1. The van der Waals surface area contributed by atoms with Gasteiger partial charge in [0.05, 0.1) is 6.61 Å². The first-order valence-electron chi connectivity index (χ1n) is 3.02. The number of likely N-dealkylation sites (N-methyl/N-ethyl adjacent to an activating group) is 1. The Kier molecular flexibility index (Phi) is 5.71. The van der Waals surface area contributed by atoms with Crippen molar-refractivity contribution in [1.82, 2.24) is 10.4 Å². The molecule has 0 spiro atoms. The number of rotatable bonds is 5. The summed E-state index contributed by atoms with van der Waals surface area (Å²) in [6, 6.07) is 0. The zero-order valence-electron chi connectivity index (χ0n) is 6.12. The minimum absolute atomic E-state index is 0.130. The average Bonchev–Trinajstić information content (AvgIpc) is 1.89. The Hall–Kier alpha value is -0.870. The van der Waals surface area contributed by atoms with Gasteiger partial charge >= 0.3 is 0 Å². The molecule has 0 aliphatic carbocycles. The molecule has 0 saturated carbocycles. The number of nitrogens with zero attached hydrogens (tertiary/aromatic N) is 2. The van der Waals surface area contributed by atoms with Crippen LogP contribution in [0.2, 0.25) is 0 Å². The Morgan fingerprint density at radius 2 is 2.50 bits per heavy atom. The van der Waals surface area contributed by atoms with Crippen LogP contribution in [0.15, 0.2) is 17.8 Å². The van der Waals surface area contributed by atoms with Gasteiger partial charge in [-0.05, 0) is 0 Å². The van der Waals surface area contributed by atoms with E-state index in [1.165, 1.54) is 12.5 Å². The molecule has 0 rings (SSSR count). The number of aliphatic hydroxyl groups is 1. The van der Waals surface area contributed by atoms with E-state index in [0.717, 1.165) is 0 Å². The van der Waals surface area contributed by atoms with Crippen LogP contribution in [-0.2, 0) is 0 Å². The van der Waals surface area contributed by atoms with Crippen LogP contribution in [0.5, 0.6) is 0 Å². The van der Waals surface area contributed by atoms with Gasteiger partial charge in [0.1, 0.15) is 6.34 Å². The molecule has 0 bridgehead atoms. The van der Waals surface area contributed by atoms with Gasteiger partial charge < -0.3 is 10.5 Å². The molecule has 0 aromatic heterocycles. The number of hydrogen-bond donors (Lipinski definition) is 2. The summed E-state index contributed by atoms with van der Waals surface area (Å²) in [6.45, 7) is 4.10. The van der Waals surface area contributed by atoms with Crippen molar-refractivity contribution in [2.24, 2.45) is 4.99 Å². The van der Waals surface area contributed by atoms with E-state index in [1.54, 1.807) is 5.01 Å². The maximum Gasteiger partial charge on any atom is 0.102 e. The van der Waals surface area contributed by atoms with Crippen molar-refractivity contribution in [3.63, 3.8) is 0 Å². The molecule has 0 aliphatic heterocycles. The van der Waals surface area contributed by atoms with E-state index in [2.05, 4.69) is 17.0 Å². The van der Waals surface area contributed by atoms with Crippen molar-refractivity contribution in [2.45, 2.75) is 0 Å². The van der Waals surface area contributed by atoms with E-state index in [0.29, 0.717) is 6.54 Å². The van der Waals surface area contributed by atoms with Crippen LogP contribution in [0.1, 0.15) is 0 Å². The molecule has 0 fully saturated rings. The minimum Gasteiger partial charge on any atom is -0.395 e. The average molecular weight is 143 g/mol. The highest BCUT2D eigenvalue weighted by Gasteiger charge is 1.88. The molecule has 4 heteroatoms. The highest BCUT2D eigenvalue weighted by Crippen LogP contribution is 1.70. The minimum atomic E-state index is 0.130. The van der Waals surface area contributed by atoms with Crippen molar-refractivity contribution in [2.75, 3.05) is 20.2 Å². The molecule has 0 aromatic rings. The Balaban J connectivity index is 3.28. The van der Waals surface area contributed by atoms with Crippen molar-refractivity contribution in [3.05, 3.63) is 12.8 Å². The molecule has 0 atom stereocenters. The number of hydrogen-bond acceptors (Lipinski definition) is 3. The van der Waals surface area contributed by atoms with Gasteiger partial charge in [-0.1, -0.05) is 6.58 Å². The summed E-state index contributed by atoms with van der Waals surface area (Å²) in [5.74, 6) is 0. The van der Waals surface area contributed by atoms with Crippen LogP contribution in [0.4, 0.5) is 0 Å². The monoisotopic (exact) mass is 143 g/mol. The first-order valence-corrected chi connectivity index (χ1v) is 3.02. The van der Waals surface area contributed by atoms with Crippen molar-refractivity contribution in [3.8, 4) is 0 Å². The fraction of sp³-hybridized carbons (Fsp3) is 0.500. The van der Waals surface area contributed by atoms with Crippen LogP contribution in [-0.4, -0.2) is 36.7 Å². The summed E-state index contributed by atoms with van der Waals surface area (Å²) in [5, 5.41) is 10.2. The predicted molar refractivity (Wildman–Crippen MR) is 41.5 cm³/mol. The molecule has 0 saturated heterocycles. The summed E-state index contributed by atoms with van der Waals surface area (Å²) in [5.41, 5.74) is 2.79. The second-order valence-electron chi connectivity index (χ2n) is 1.74. The molecule has 10 heavy (non-hydrogen) atoms. The molecule has 0 aliphatic rings. The first-order chi connectivity index (χ1) is 4.81.